The van der Waals surface area contributed by atoms with Gasteiger partial charge in [-0.2, -0.15) is 4.57 Å². The lowest BCUT2D eigenvalue weighted by atomic mass is 10.1. The summed E-state index contributed by atoms with van der Waals surface area (Å²) < 4.78 is 13.7. The molecular formula is C24H27N3O3+2. The average molecular weight is 405 g/mol. The standard InChI is InChI=1S/C24H26N3O3/c1-3-26(4-2)19-11-9-17-15-18(24(28)30-22(17)16-19)10-12-23-27(14-13-25)20-7-5-6-8-21(20)29-23/h5-12,15-16H,3-4,13-14,25H2,1-2H3/q+1/p+1. The summed E-state index contributed by atoms with van der Waals surface area (Å²) in [7, 11) is 0. The molecule has 6 nitrogen and oxygen atoms in total. The molecule has 30 heavy (non-hydrogen) atoms. The molecule has 3 N–H and O–H groups in total. The zero-order valence-corrected chi connectivity index (χ0v) is 17.4. The molecule has 2 aromatic heterocycles. The van der Waals surface area contributed by atoms with Gasteiger partial charge < -0.3 is 19.5 Å². The quantitative estimate of drug-likeness (QED) is 0.379. The SMILES string of the molecule is CCN(CC)c1ccc2cc(/C=C/c3oc4ccccc4[n+]3CC[NH3+])c(=O)oc2c1. The molecule has 0 atom stereocenters. The molecule has 0 amide bonds. The monoisotopic (exact) mass is 405 g/mol. The molecule has 0 aliphatic heterocycles. The van der Waals surface area contributed by atoms with Crippen molar-refractivity contribution in [3.05, 3.63) is 70.4 Å². The third kappa shape index (κ3) is 3.74. The Kier molecular flexibility index (Phi) is 5.68. The summed E-state index contributed by atoms with van der Waals surface area (Å²) in [5.41, 5.74) is 7.53. The van der Waals surface area contributed by atoms with Crippen molar-refractivity contribution in [2.45, 2.75) is 20.4 Å². The fraction of sp³-hybridized carbons (Fsp3) is 0.250. The van der Waals surface area contributed by atoms with E-state index in [1.165, 1.54) is 0 Å². The highest BCUT2D eigenvalue weighted by Crippen LogP contribution is 2.22. The number of para-hydroxylation sites is 2. The van der Waals surface area contributed by atoms with E-state index < -0.39 is 0 Å². The summed E-state index contributed by atoms with van der Waals surface area (Å²) in [5.74, 6) is 0.677. The van der Waals surface area contributed by atoms with Gasteiger partial charge in [-0.25, -0.2) is 4.79 Å². The van der Waals surface area contributed by atoms with Crippen molar-refractivity contribution in [1.82, 2.24) is 0 Å². The van der Waals surface area contributed by atoms with Gasteiger partial charge in [0, 0.05) is 36.3 Å². The molecule has 6 heteroatoms. The summed E-state index contributed by atoms with van der Waals surface area (Å²) in [6, 6.07) is 15.7. The minimum atomic E-state index is -0.365. The molecule has 2 aromatic carbocycles. The van der Waals surface area contributed by atoms with Crippen LogP contribution in [0, 0.1) is 0 Å². The topological polar surface area (TPSA) is 78.1 Å². The number of hydrogen-bond donors (Lipinski definition) is 1. The van der Waals surface area contributed by atoms with Gasteiger partial charge in [0.2, 0.25) is 12.1 Å². The normalized spacial score (nSPS) is 11.7. The molecule has 0 radical (unpaired) electrons. The Hall–Kier alpha value is -3.38. The van der Waals surface area contributed by atoms with Crippen LogP contribution in [0.2, 0.25) is 0 Å². The predicted molar refractivity (Wildman–Crippen MR) is 119 cm³/mol. The molecule has 0 bridgehead atoms. The lowest BCUT2D eigenvalue weighted by Crippen LogP contribution is -2.57. The fourth-order valence-electron chi connectivity index (χ4n) is 3.74. The highest BCUT2D eigenvalue weighted by molar-refractivity contribution is 5.83. The van der Waals surface area contributed by atoms with Crippen LogP contribution in [-0.2, 0) is 6.54 Å². The van der Waals surface area contributed by atoms with Crippen molar-refractivity contribution in [1.29, 1.82) is 0 Å². The van der Waals surface area contributed by atoms with Gasteiger partial charge in [0.1, 0.15) is 12.1 Å². The molecule has 0 fully saturated rings. The van der Waals surface area contributed by atoms with E-state index in [0.29, 0.717) is 17.0 Å². The minimum absolute atomic E-state index is 0.365. The van der Waals surface area contributed by atoms with E-state index in [2.05, 4.69) is 35.1 Å². The number of hydrogen-bond acceptors (Lipinski definition) is 4. The van der Waals surface area contributed by atoms with E-state index in [4.69, 9.17) is 8.83 Å². The lowest BCUT2D eigenvalue weighted by Gasteiger charge is -2.20. The van der Waals surface area contributed by atoms with Crippen molar-refractivity contribution >= 4 is 39.9 Å². The molecule has 0 saturated carbocycles. The second-order valence-electron chi connectivity index (χ2n) is 7.13. The number of oxazole rings is 1. The van der Waals surface area contributed by atoms with Crippen LogP contribution in [0.15, 0.2) is 62.2 Å². The number of rotatable bonds is 7. The second kappa shape index (κ2) is 8.55. The summed E-state index contributed by atoms with van der Waals surface area (Å²) in [6.45, 7) is 7.49. The van der Waals surface area contributed by atoms with Crippen molar-refractivity contribution in [2.75, 3.05) is 24.5 Å². The number of quaternary nitrogens is 1. The Morgan fingerprint density at radius 3 is 2.57 bits per heavy atom. The van der Waals surface area contributed by atoms with Gasteiger partial charge in [0.25, 0.3) is 5.52 Å². The number of anilines is 1. The molecule has 4 aromatic rings. The Bertz CT molecular complexity index is 1270. The van der Waals surface area contributed by atoms with Gasteiger partial charge in [0.15, 0.2) is 0 Å². The first-order chi connectivity index (χ1) is 14.6. The third-order valence-corrected chi connectivity index (χ3v) is 5.30. The first-order valence-corrected chi connectivity index (χ1v) is 10.4. The zero-order valence-electron chi connectivity index (χ0n) is 17.4. The average Bonchev–Trinajstić information content (AvgIpc) is 3.11. The Balaban J connectivity index is 1.72. The predicted octanol–water partition coefficient (Wildman–Crippen LogP) is 3.09. The van der Waals surface area contributed by atoms with Crippen LogP contribution in [0.4, 0.5) is 5.69 Å². The van der Waals surface area contributed by atoms with Gasteiger partial charge in [-0.05, 0) is 44.2 Å². The number of nitrogens with zero attached hydrogens (tertiary/aromatic N) is 2. The molecule has 0 spiro atoms. The van der Waals surface area contributed by atoms with Crippen LogP contribution >= 0.6 is 0 Å². The molecule has 0 aliphatic carbocycles. The Morgan fingerprint density at radius 1 is 1.00 bits per heavy atom. The molecule has 0 aliphatic rings. The number of aromatic nitrogens is 1. The molecule has 0 saturated heterocycles. The molecule has 0 unspecified atom stereocenters. The van der Waals surface area contributed by atoms with E-state index in [9.17, 15) is 4.79 Å². The maximum Gasteiger partial charge on any atom is 0.374 e. The molecular weight excluding hydrogens is 378 g/mol. The summed E-state index contributed by atoms with van der Waals surface area (Å²) in [5, 5.41) is 0.889. The highest BCUT2D eigenvalue weighted by atomic mass is 16.4. The van der Waals surface area contributed by atoms with Gasteiger partial charge >= 0.3 is 11.5 Å². The van der Waals surface area contributed by atoms with E-state index in [0.717, 1.165) is 48.4 Å². The van der Waals surface area contributed by atoms with Crippen molar-refractivity contribution in [2.24, 2.45) is 0 Å². The van der Waals surface area contributed by atoms with Crippen LogP contribution in [0.1, 0.15) is 25.3 Å². The highest BCUT2D eigenvalue weighted by Gasteiger charge is 2.20. The first-order valence-electron chi connectivity index (χ1n) is 10.4. The molecule has 4 rings (SSSR count). The van der Waals surface area contributed by atoms with Crippen LogP contribution < -0.4 is 20.8 Å². The first kappa shape index (κ1) is 19.9. The third-order valence-electron chi connectivity index (χ3n) is 5.30. The Labute approximate surface area is 174 Å². The van der Waals surface area contributed by atoms with Crippen molar-refractivity contribution in [3.8, 4) is 0 Å². The molecule has 154 valence electrons. The summed E-state index contributed by atoms with van der Waals surface area (Å²) >= 11 is 0. The van der Waals surface area contributed by atoms with Gasteiger partial charge in [-0.3, -0.25) is 0 Å². The van der Waals surface area contributed by atoms with Crippen LogP contribution in [0.25, 0.3) is 34.2 Å². The van der Waals surface area contributed by atoms with Gasteiger partial charge in [-0.15, -0.1) is 0 Å². The zero-order chi connectivity index (χ0) is 21.1. The number of benzene rings is 2. The second-order valence-corrected chi connectivity index (χ2v) is 7.13. The smallest absolute Gasteiger partial charge is 0.374 e. The largest absolute Gasteiger partial charge is 0.422 e. The Morgan fingerprint density at radius 2 is 1.80 bits per heavy atom. The fourth-order valence-corrected chi connectivity index (χ4v) is 3.74. The van der Waals surface area contributed by atoms with Crippen LogP contribution in [-0.4, -0.2) is 19.6 Å². The van der Waals surface area contributed by atoms with E-state index in [1.807, 2.05) is 48.5 Å². The van der Waals surface area contributed by atoms with E-state index in [1.54, 1.807) is 6.08 Å². The van der Waals surface area contributed by atoms with Crippen LogP contribution in [0.3, 0.4) is 0 Å². The van der Waals surface area contributed by atoms with Gasteiger partial charge in [-0.1, -0.05) is 12.1 Å². The van der Waals surface area contributed by atoms with Crippen molar-refractivity contribution in [3.63, 3.8) is 0 Å². The lowest BCUT2D eigenvalue weighted by molar-refractivity contribution is -0.694. The van der Waals surface area contributed by atoms with Crippen molar-refractivity contribution < 1.29 is 19.1 Å². The summed E-state index contributed by atoms with van der Waals surface area (Å²) in [4.78, 5) is 14.8. The van der Waals surface area contributed by atoms with Gasteiger partial charge in [0.05, 0.1) is 11.6 Å². The summed E-state index contributed by atoms with van der Waals surface area (Å²) in [6.07, 6.45) is 3.57. The molecule has 2 heterocycles. The van der Waals surface area contributed by atoms with E-state index >= 15 is 0 Å². The minimum Gasteiger partial charge on any atom is -0.422 e. The maximum absolute atomic E-state index is 12.6. The van der Waals surface area contributed by atoms with E-state index in [-0.39, 0.29) is 5.63 Å². The number of fused-ring (bicyclic) bond motifs is 2. The maximum atomic E-state index is 12.6. The van der Waals surface area contributed by atoms with Crippen LogP contribution in [0.5, 0.6) is 0 Å².